The summed E-state index contributed by atoms with van der Waals surface area (Å²) < 4.78 is 22.5. The molecule has 2 heterocycles. The van der Waals surface area contributed by atoms with Crippen LogP contribution >= 0.6 is 0 Å². The molecule has 1 aromatic heterocycles. The highest BCUT2D eigenvalue weighted by Crippen LogP contribution is 2.46. The first-order valence-corrected chi connectivity index (χ1v) is 13.6. The number of carbonyl (C=O) groups excluding carboxylic acids is 2. The molecule has 1 aliphatic heterocycles. The summed E-state index contributed by atoms with van der Waals surface area (Å²) in [5, 5.41) is 11.7. The van der Waals surface area contributed by atoms with E-state index in [1.54, 1.807) is 48.8 Å². The summed E-state index contributed by atoms with van der Waals surface area (Å²) in [5.74, 6) is -0.178. The van der Waals surface area contributed by atoms with Crippen LogP contribution in [0.5, 0.6) is 23.0 Å². The van der Waals surface area contributed by atoms with Crippen molar-refractivity contribution in [2.75, 3.05) is 21.3 Å². The van der Waals surface area contributed by atoms with Gasteiger partial charge in [0.1, 0.15) is 18.1 Å². The quantitative estimate of drug-likeness (QED) is 0.146. The van der Waals surface area contributed by atoms with Gasteiger partial charge in [-0.25, -0.2) is 0 Å². The van der Waals surface area contributed by atoms with Gasteiger partial charge in [0.15, 0.2) is 11.5 Å². The molecular weight excluding hydrogens is 548 g/mol. The molecule has 1 saturated heterocycles. The highest BCUT2D eigenvalue weighted by molar-refractivity contribution is 6.46. The van der Waals surface area contributed by atoms with Gasteiger partial charge in [-0.3, -0.25) is 14.6 Å². The lowest BCUT2D eigenvalue weighted by molar-refractivity contribution is -0.140. The molecule has 0 unspecified atom stereocenters. The molecule has 0 saturated carbocycles. The topological polar surface area (TPSA) is 107 Å². The number of aryl methyl sites for hydroxylation is 1. The molecule has 0 aliphatic carbocycles. The second kappa shape index (κ2) is 12.7. The molecule has 9 heteroatoms. The standard InChI is InChI=1S/C34H32N2O7/c1-21-15-25(43-20-22-9-6-5-7-10-22)12-13-26(21)31(37)29-30(24-16-27(40-2)33(42-4)28(17-24)41-3)36(34(39)32(29)38)19-23-11-8-14-35-18-23/h5-18,30,37H,19-20H2,1-4H3/b31-29+/t30-/m1/s1. The van der Waals surface area contributed by atoms with E-state index in [2.05, 4.69) is 4.98 Å². The summed E-state index contributed by atoms with van der Waals surface area (Å²) in [7, 11) is 4.46. The minimum atomic E-state index is -0.956. The van der Waals surface area contributed by atoms with Crippen LogP contribution < -0.4 is 18.9 Å². The third-order valence-corrected chi connectivity index (χ3v) is 7.32. The van der Waals surface area contributed by atoms with E-state index in [1.165, 1.54) is 26.2 Å². The van der Waals surface area contributed by atoms with Crippen LogP contribution in [-0.4, -0.2) is 48.0 Å². The van der Waals surface area contributed by atoms with Gasteiger partial charge in [-0.1, -0.05) is 36.4 Å². The van der Waals surface area contributed by atoms with Crippen LogP contribution in [0.15, 0.2) is 90.8 Å². The number of pyridine rings is 1. The molecule has 0 spiro atoms. The number of benzene rings is 3. The van der Waals surface area contributed by atoms with Crippen LogP contribution in [0.4, 0.5) is 0 Å². The van der Waals surface area contributed by atoms with E-state index < -0.39 is 17.7 Å². The van der Waals surface area contributed by atoms with Gasteiger partial charge in [0.05, 0.1) is 32.9 Å². The minimum absolute atomic E-state index is 0.0517. The van der Waals surface area contributed by atoms with Gasteiger partial charge in [-0.05, 0) is 65.6 Å². The largest absolute Gasteiger partial charge is 0.507 e. The Balaban J connectivity index is 1.60. The lowest BCUT2D eigenvalue weighted by atomic mass is 9.93. The summed E-state index contributed by atoms with van der Waals surface area (Å²) in [4.78, 5) is 32.7. The van der Waals surface area contributed by atoms with Crippen LogP contribution in [0, 0.1) is 6.92 Å². The van der Waals surface area contributed by atoms with Gasteiger partial charge in [0.2, 0.25) is 5.75 Å². The lowest BCUT2D eigenvalue weighted by Gasteiger charge is -2.26. The van der Waals surface area contributed by atoms with E-state index in [0.29, 0.717) is 46.3 Å². The number of ketones is 1. The van der Waals surface area contributed by atoms with Crippen molar-refractivity contribution in [1.29, 1.82) is 0 Å². The number of aliphatic hydroxyl groups is 1. The Kier molecular flexibility index (Phi) is 8.61. The SMILES string of the molecule is COc1cc([C@@H]2/C(=C(\O)c3ccc(OCc4ccccc4)cc3C)C(=O)C(=O)N2Cc2cccnc2)cc(OC)c1OC. The Morgan fingerprint density at radius 3 is 2.19 bits per heavy atom. The fourth-order valence-corrected chi connectivity index (χ4v) is 5.21. The molecule has 0 bridgehead atoms. The molecule has 1 N–H and O–H groups in total. The molecule has 220 valence electrons. The average molecular weight is 581 g/mol. The zero-order chi connectivity index (χ0) is 30.5. The molecule has 4 aromatic rings. The van der Waals surface area contributed by atoms with Crippen molar-refractivity contribution in [1.82, 2.24) is 9.88 Å². The van der Waals surface area contributed by atoms with Crippen LogP contribution in [0.1, 0.15) is 33.9 Å². The molecule has 1 fully saturated rings. The van der Waals surface area contributed by atoms with Crippen molar-refractivity contribution >= 4 is 17.4 Å². The van der Waals surface area contributed by atoms with Crippen molar-refractivity contribution < 1.29 is 33.6 Å². The first kappa shape index (κ1) is 29.2. The fourth-order valence-electron chi connectivity index (χ4n) is 5.21. The molecule has 1 atom stereocenters. The van der Waals surface area contributed by atoms with Gasteiger partial charge in [0.25, 0.3) is 11.7 Å². The van der Waals surface area contributed by atoms with Crippen molar-refractivity contribution in [3.8, 4) is 23.0 Å². The molecule has 3 aromatic carbocycles. The normalized spacial score (nSPS) is 15.8. The second-order valence-electron chi connectivity index (χ2n) is 10.00. The third kappa shape index (κ3) is 5.88. The summed E-state index contributed by atoms with van der Waals surface area (Å²) >= 11 is 0. The number of likely N-dealkylation sites (tertiary alicyclic amines) is 1. The zero-order valence-corrected chi connectivity index (χ0v) is 24.4. The lowest BCUT2D eigenvalue weighted by Crippen LogP contribution is -2.29. The number of hydrogen-bond donors (Lipinski definition) is 1. The van der Waals surface area contributed by atoms with Gasteiger partial charge >= 0.3 is 0 Å². The van der Waals surface area contributed by atoms with Crippen molar-refractivity contribution in [3.63, 3.8) is 0 Å². The van der Waals surface area contributed by atoms with Crippen LogP contribution in [0.3, 0.4) is 0 Å². The minimum Gasteiger partial charge on any atom is -0.507 e. The van der Waals surface area contributed by atoms with Gasteiger partial charge in [-0.2, -0.15) is 0 Å². The van der Waals surface area contributed by atoms with E-state index in [1.807, 2.05) is 43.3 Å². The van der Waals surface area contributed by atoms with E-state index >= 15 is 0 Å². The number of nitrogens with zero attached hydrogens (tertiary/aromatic N) is 2. The van der Waals surface area contributed by atoms with Crippen molar-refractivity contribution in [2.45, 2.75) is 26.1 Å². The maximum atomic E-state index is 13.6. The van der Waals surface area contributed by atoms with Gasteiger partial charge in [-0.15, -0.1) is 0 Å². The Morgan fingerprint density at radius 2 is 1.58 bits per heavy atom. The summed E-state index contributed by atoms with van der Waals surface area (Å²) in [6.07, 6.45) is 3.26. The smallest absolute Gasteiger partial charge is 0.295 e. The molecule has 5 rings (SSSR count). The summed E-state index contributed by atoms with van der Waals surface area (Å²) in [6, 6.07) is 20.9. The van der Waals surface area contributed by atoms with E-state index in [0.717, 1.165) is 11.1 Å². The average Bonchev–Trinajstić information content (AvgIpc) is 3.28. The number of carbonyl (C=O) groups is 2. The number of rotatable bonds is 10. The number of ether oxygens (including phenoxy) is 4. The van der Waals surface area contributed by atoms with Gasteiger partial charge in [0, 0.05) is 24.5 Å². The Morgan fingerprint density at radius 1 is 0.884 bits per heavy atom. The van der Waals surface area contributed by atoms with E-state index in [9.17, 15) is 14.7 Å². The number of methoxy groups -OCH3 is 3. The first-order valence-electron chi connectivity index (χ1n) is 13.6. The summed E-state index contributed by atoms with van der Waals surface area (Å²) in [6.45, 7) is 2.28. The van der Waals surface area contributed by atoms with E-state index in [-0.39, 0.29) is 17.9 Å². The zero-order valence-electron chi connectivity index (χ0n) is 24.4. The highest BCUT2D eigenvalue weighted by atomic mass is 16.5. The summed E-state index contributed by atoms with van der Waals surface area (Å²) in [5.41, 5.74) is 3.27. The van der Waals surface area contributed by atoms with Gasteiger partial charge < -0.3 is 29.0 Å². The molecule has 43 heavy (non-hydrogen) atoms. The molecule has 1 aliphatic rings. The predicted octanol–water partition coefficient (Wildman–Crippen LogP) is 5.62. The number of aliphatic hydroxyl groups excluding tert-OH is 1. The van der Waals surface area contributed by atoms with Crippen LogP contribution in [-0.2, 0) is 22.7 Å². The van der Waals surface area contributed by atoms with Crippen LogP contribution in [0.2, 0.25) is 0 Å². The monoisotopic (exact) mass is 580 g/mol. The number of aromatic nitrogens is 1. The molecule has 9 nitrogen and oxygen atoms in total. The fraction of sp³-hybridized carbons (Fsp3) is 0.206. The Bertz CT molecular complexity index is 1640. The molecule has 0 radical (unpaired) electrons. The third-order valence-electron chi connectivity index (χ3n) is 7.32. The van der Waals surface area contributed by atoms with Crippen molar-refractivity contribution in [2.24, 2.45) is 0 Å². The highest BCUT2D eigenvalue weighted by Gasteiger charge is 2.46. The first-order chi connectivity index (χ1) is 20.9. The van der Waals surface area contributed by atoms with Crippen molar-refractivity contribution in [3.05, 3.63) is 119 Å². The molecular formula is C34H32N2O7. The number of Topliss-reactive ketones (excluding diaryl/α,β-unsaturated/α-hetero) is 1. The maximum absolute atomic E-state index is 13.6. The second-order valence-corrected chi connectivity index (χ2v) is 10.00. The predicted molar refractivity (Wildman–Crippen MR) is 160 cm³/mol. The molecule has 1 amide bonds. The Hall–Kier alpha value is -5.31. The number of amides is 1. The Labute approximate surface area is 249 Å². The van der Waals surface area contributed by atoms with E-state index in [4.69, 9.17) is 18.9 Å². The maximum Gasteiger partial charge on any atom is 0.295 e. The number of hydrogen-bond acceptors (Lipinski definition) is 8. The van der Waals surface area contributed by atoms with Crippen LogP contribution in [0.25, 0.3) is 5.76 Å².